The van der Waals surface area contributed by atoms with Gasteiger partial charge in [0.15, 0.2) is 0 Å². The Kier molecular flexibility index (Phi) is 4.26. The molecule has 0 aliphatic heterocycles. The molecular weight excluding hydrogens is 284 g/mol. The van der Waals surface area contributed by atoms with Crippen molar-refractivity contribution in [2.45, 2.75) is 57.9 Å². The summed E-state index contributed by atoms with van der Waals surface area (Å²) in [4.78, 5) is 12.5. The normalized spacial score (nSPS) is 31.0. The topological polar surface area (TPSA) is 80.9 Å². The summed E-state index contributed by atoms with van der Waals surface area (Å²) >= 11 is 1.50. The molecule has 1 heterocycles. The fourth-order valence-corrected chi connectivity index (χ4v) is 5.01. The third-order valence-electron chi connectivity index (χ3n) is 5.29. The van der Waals surface area contributed by atoms with E-state index in [4.69, 9.17) is 5.73 Å². The largest absolute Gasteiger partial charge is 0.327 e. The minimum absolute atomic E-state index is 0.0233. The lowest BCUT2D eigenvalue weighted by molar-refractivity contribution is -0.121. The third kappa shape index (κ3) is 2.71. The third-order valence-corrected chi connectivity index (χ3v) is 6.29. The molecule has 2 aliphatic carbocycles. The Morgan fingerprint density at radius 3 is 2.67 bits per heavy atom. The SMILES string of the molecule is CCC(CC)c1nnc(NC(=O)C2C3CCC(C3)C2N)s1. The molecule has 4 unspecified atom stereocenters. The van der Waals surface area contributed by atoms with Crippen molar-refractivity contribution in [1.29, 1.82) is 0 Å². The maximum Gasteiger partial charge on any atom is 0.231 e. The summed E-state index contributed by atoms with van der Waals surface area (Å²) in [6, 6.07) is 0.0233. The van der Waals surface area contributed by atoms with Crippen LogP contribution in [0.5, 0.6) is 0 Å². The van der Waals surface area contributed by atoms with Crippen LogP contribution in [0.25, 0.3) is 0 Å². The van der Waals surface area contributed by atoms with Crippen LogP contribution in [0.3, 0.4) is 0 Å². The molecule has 4 atom stereocenters. The van der Waals surface area contributed by atoms with E-state index in [1.807, 2.05) is 0 Å². The molecule has 1 amide bonds. The van der Waals surface area contributed by atoms with E-state index < -0.39 is 0 Å². The van der Waals surface area contributed by atoms with Crippen molar-refractivity contribution in [1.82, 2.24) is 10.2 Å². The highest BCUT2D eigenvalue weighted by Crippen LogP contribution is 2.48. The quantitative estimate of drug-likeness (QED) is 0.876. The summed E-state index contributed by atoms with van der Waals surface area (Å²) in [5.74, 6) is 1.46. The zero-order chi connectivity index (χ0) is 15.0. The maximum absolute atomic E-state index is 12.5. The van der Waals surface area contributed by atoms with Gasteiger partial charge in [0.2, 0.25) is 11.0 Å². The van der Waals surface area contributed by atoms with E-state index in [-0.39, 0.29) is 17.9 Å². The molecule has 3 rings (SSSR count). The molecule has 1 aromatic rings. The van der Waals surface area contributed by atoms with Crippen LogP contribution in [0.4, 0.5) is 5.13 Å². The molecule has 1 aromatic heterocycles. The van der Waals surface area contributed by atoms with Gasteiger partial charge in [-0.1, -0.05) is 25.2 Å². The average molecular weight is 308 g/mol. The highest BCUT2D eigenvalue weighted by molar-refractivity contribution is 7.15. The van der Waals surface area contributed by atoms with Crippen LogP contribution in [0.2, 0.25) is 0 Å². The van der Waals surface area contributed by atoms with Crippen LogP contribution in [0.15, 0.2) is 0 Å². The Morgan fingerprint density at radius 2 is 2.05 bits per heavy atom. The van der Waals surface area contributed by atoms with Crippen molar-refractivity contribution in [3.63, 3.8) is 0 Å². The number of carbonyl (C=O) groups is 1. The molecule has 0 saturated heterocycles. The van der Waals surface area contributed by atoms with Crippen LogP contribution < -0.4 is 11.1 Å². The number of hydrogen-bond acceptors (Lipinski definition) is 5. The number of carbonyl (C=O) groups excluding carboxylic acids is 1. The summed E-state index contributed by atoms with van der Waals surface area (Å²) in [6.45, 7) is 4.31. The number of hydrogen-bond donors (Lipinski definition) is 2. The Labute approximate surface area is 129 Å². The van der Waals surface area contributed by atoms with Gasteiger partial charge in [0.1, 0.15) is 5.01 Å². The summed E-state index contributed by atoms with van der Waals surface area (Å²) in [7, 11) is 0. The van der Waals surface area contributed by atoms with Crippen molar-refractivity contribution < 1.29 is 4.79 Å². The molecular formula is C15H24N4OS. The van der Waals surface area contributed by atoms with Gasteiger partial charge < -0.3 is 11.1 Å². The van der Waals surface area contributed by atoms with Gasteiger partial charge in [0.05, 0.1) is 5.92 Å². The van der Waals surface area contributed by atoms with Crippen molar-refractivity contribution >= 4 is 22.4 Å². The van der Waals surface area contributed by atoms with E-state index in [1.54, 1.807) is 0 Å². The van der Waals surface area contributed by atoms with Crippen LogP contribution >= 0.6 is 11.3 Å². The molecule has 21 heavy (non-hydrogen) atoms. The van der Waals surface area contributed by atoms with E-state index in [0.29, 0.717) is 22.9 Å². The van der Waals surface area contributed by atoms with Crippen LogP contribution in [0.1, 0.15) is 56.9 Å². The van der Waals surface area contributed by atoms with Gasteiger partial charge in [-0.2, -0.15) is 0 Å². The van der Waals surface area contributed by atoms with Crippen LogP contribution in [-0.2, 0) is 4.79 Å². The first kappa shape index (κ1) is 14.9. The molecule has 2 bridgehead atoms. The number of fused-ring (bicyclic) bond motifs is 2. The fraction of sp³-hybridized carbons (Fsp3) is 0.800. The summed E-state index contributed by atoms with van der Waals surface area (Å²) in [5.41, 5.74) is 6.22. The second-order valence-electron chi connectivity index (χ2n) is 6.38. The molecule has 0 radical (unpaired) electrons. The number of anilines is 1. The number of nitrogens with two attached hydrogens (primary N) is 1. The number of nitrogens with one attached hydrogen (secondary N) is 1. The second kappa shape index (κ2) is 6.01. The van der Waals surface area contributed by atoms with Crippen molar-refractivity contribution in [3.05, 3.63) is 5.01 Å². The van der Waals surface area contributed by atoms with Gasteiger partial charge in [-0.3, -0.25) is 4.79 Å². The molecule has 3 N–H and O–H groups in total. The van der Waals surface area contributed by atoms with Crippen molar-refractivity contribution in [3.8, 4) is 0 Å². The minimum atomic E-state index is -0.0377. The molecule has 0 aromatic carbocycles. The predicted octanol–water partition coefficient (Wildman–Crippen LogP) is 2.75. The lowest BCUT2D eigenvalue weighted by atomic mass is 9.84. The molecule has 2 fully saturated rings. The first-order valence-electron chi connectivity index (χ1n) is 8.03. The lowest BCUT2D eigenvalue weighted by Crippen LogP contribution is -2.42. The number of aromatic nitrogens is 2. The molecule has 2 aliphatic rings. The van der Waals surface area contributed by atoms with Gasteiger partial charge >= 0.3 is 0 Å². The Balaban J connectivity index is 1.65. The van der Waals surface area contributed by atoms with Gasteiger partial charge in [-0.05, 0) is 43.9 Å². The Hall–Kier alpha value is -1.01. The van der Waals surface area contributed by atoms with Gasteiger partial charge in [0, 0.05) is 12.0 Å². The molecule has 6 heteroatoms. The first-order chi connectivity index (χ1) is 10.1. The Bertz CT molecular complexity index is 512. The van der Waals surface area contributed by atoms with Gasteiger partial charge in [-0.15, -0.1) is 10.2 Å². The van der Waals surface area contributed by atoms with E-state index in [9.17, 15) is 4.79 Å². The summed E-state index contributed by atoms with van der Waals surface area (Å²) in [6.07, 6.45) is 5.56. The summed E-state index contributed by atoms with van der Waals surface area (Å²) < 4.78 is 0. The van der Waals surface area contributed by atoms with E-state index in [2.05, 4.69) is 29.4 Å². The second-order valence-corrected chi connectivity index (χ2v) is 7.39. The number of amides is 1. The molecule has 2 saturated carbocycles. The minimum Gasteiger partial charge on any atom is -0.327 e. The molecule has 5 nitrogen and oxygen atoms in total. The zero-order valence-corrected chi connectivity index (χ0v) is 13.5. The van der Waals surface area contributed by atoms with Gasteiger partial charge in [-0.25, -0.2) is 0 Å². The smallest absolute Gasteiger partial charge is 0.231 e. The van der Waals surface area contributed by atoms with E-state index in [1.165, 1.54) is 17.8 Å². The number of rotatable bonds is 5. The molecule has 0 spiro atoms. The summed E-state index contributed by atoms with van der Waals surface area (Å²) in [5, 5.41) is 12.9. The van der Waals surface area contributed by atoms with E-state index >= 15 is 0 Å². The molecule has 116 valence electrons. The standard InChI is InChI=1S/C15H24N4OS/c1-3-8(4-2)14-18-19-15(21-14)17-13(20)11-9-5-6-10(7-9)12(11)16/h8-12H,3-7,16H2,1-2H3,(H,17,19,20). The highest BCUT2D eigenvalue weighted by atomic mass is 32.1. The average Bonchev–Trinajstić information content (AvgIpc) is 3.16. The van der Waals surface area contributed by atoms with Gasteiger partial charge in [0.25, 0.3) is 0 Å². The van der Waals surface area contributed by atoms with Crippen LogP contribution in [-0.4, -0.2) is 22.1 Å². The lowest BCUT2D eigenvalue weighted by Gasteiger charge is -2.26. The number of nitrogens with zero attached hydrogens (tertiary/aromatic N) is 2. The first-order valence-corrected chi connectivity index (χ1v) is 8.85. The monoisotopic (exact) mass is 308 g/mol. The fourth-order valence-electron chi connectivity index (χ4n) is 4.00. The maximum atomic E-state index is 12.5. The van der Waals surface area contributed by atoms with E-state index in [0.717, 1.165) is 30.7 Å². The highest BCUT2D eigenvalue weighted by Gasteiger charge is 2.49. The zero-order valence-electron chi connectivity index (χ0n) is 12.7. The van der Waals surface area contributed by atoms with Crippen molar-refractivity contribution in [2.24, 2.45) is 23.5 Å². The predicted molar refractivity (Wildman–Crippen MR) is 84.2 cm³/mol. The van der Waals surface area contributed by atoms with Crippen LogP contribution in [0, 0.1) is 17.8 Å². The Morgan fingerprint density at radius 1 is 1.33 bits per heavy atom. The van der Waals surface area contributed by atoms with Crippen molar-refractivity contribution in [2.75, 3.05) is 5.32 Å².